The summed E-state index contributed by atoms with van der Waals surface area (Å²) in [5, 5.41) is 21.6. The number of ether oxygens (including phenoxy) is 5. The molecule has 0 amide bonds. The van der Waals surface area contributed by atoms with Crippen LogP contribution in [-0.2, 0) is 57.3 Å². The fraction of sp³-hybridized carbons (Fsp3) is 0.647. The molecule has 0 radical (unpaired) electrons. The Morgan fingerprint density at radius 2 is 1.28 bits per heavy atom. The molecule has 5 heterocycles. The van der Waals surface area contributed by atoms with Crippen molar-refractivity contribution < 1.29 is 67.5 Å². The van der Waals surface area contributed by atoms with Crippen LogP contribution in [0.5, 0.6) is 0 Å². The van der Waals surface area contributed by atoms with E-state index in [9.17, 15) is 39.0 Å². The van der Waals surface area contributed by atoms with Crippen LogP contribution in [0.2, 0.25) is 0 Å². The van der Waals surface area contributed by atoms with Crippen LogP contribution in [0.1, 0.15) is 32.1 Å². The number of nitrogens with zero attached hydrogens (tertiary/aromatic N) is 1. The summed E-state index contributed by atoms with van der Waals surface area (Å²) in [5.41, 5.74) is -5.40. The average molecular weight is 457 g/mol. The molecule has 5 atom stereocenters. The van der Waals surface area contributed by atoms with E-state index in [4.69, 9.17) is 28.5 Å². The first kappa shape index (κ1) is 20.6. The highest BCUT2D eigenvalue weighted by Gasteiger charge is 2.81. The highest BCUT2D eigenvalue weighted by atomic mass is 16.9. The zero-order valence-electron chi connectivity index (χ0n) is 16.1. The second kappa shape index (κ2) is 6.14. The predicted molar refractivity (Wildman–Crippen MR) is 85.5 cm³/mol. The van der Waals surface area contributed by atoms with E-state index < -0.39 is 97.0 Å². The molecule has 5 unspecified atom stereocenters. The molecule has 5 saturated heterocycles. The van der Waals surface area contributed by atoms with Gasteiger partial charge in [-0.1, -0.05) is 5.06 Å². The van der Waals surface area contributed by atoms with Crippen molar-refractivity contribution in [2.24, 2.45) is 0 Å². The van der Waals surface area contributed by atoms with Gasteiger partial charge in [0.1, 0.15) is 0 Å². The molecule has 2 N–H and O–H groups in total. The maximum Gasteiger partial charge on any atom is 0.437 e. The number of carbonyl (C=O) groups is 6. The van der Waals surface area contributed by atoms with Gasteiger partial charge in [-0.2, -0.15) is 0 Å². The fourth-order valence-electron chi connectivity index (χ4n) is 4.31. The number of esters is 5. The molecule has 0 aliphatic carbocycles. The minimum atomic E-state index is -3.13. The molecule has 2 spiro atoms. The summed E-state index contributed by atoms with van der Waals surface area (Å²) in [4.78, 5) is 80.6. The lowest BCUT2D eigenvalue weighted by atomic mass is 9.93. The van der Waals surface area contributed by atoms with Gasteiger partial charge in [0.05, 0.1) is 25.7 Å². The van der Waals surface area contributed by atoms with Crippen molar-refractivity contribution in [2.45, 2.75) is 61.1 Å². The van der Waals surface area contributed by atoms with Crippen LogP contribution in [0.25, 0.3) is 0 Å². The molecule has 0 aromatic carbocycles. The van der Waals surface area contributed by atoms with Crippen LogP contribution in [0.4, 0.5) is 0 Å². The first-order chi connectivity index (χ1) is 14.9. The summed E-state index contributed by atoms with van der Waals surface area (Å²) in [6.45, 7) is -0.413. The maximum absolute atomic E-state index is 12.8. The van der Waals surface area contributed by atoms with E-state index >= 15 is 0 Å². The Morgan fingerprint density at radius 3 is 1.97 bits per heavy atom. The molecule has 0 saturated carbocycles. The van der Waals surface area contributed by atoms with Crippen molar-refractivity contribution in [2.75, 3.05) is 6.54 Å². The monoisotopic (exact) mass is 457 g/mol. The quantitative estimate of drug-likeness (QED) is 0.270. The number of hydrogen-bond donors (Lipinski definition) is 2. The third-order valence-corrected chi connectivity index (χ3v) is 5.77. The van der Waals surface area contributed by atoms with E-state index in [2.05, 4.69) is 0 Å². The summed E-state index contributed by atoms with van der Waals surface area (Å²) >= 11 is 0. The van der Waals surface area contributed by atoms with Crippen LogP contribution in [0.3, 0.4) is 0 Å². The molecule has 15 heteroatoms. The number of hydrogen-bond acceptors (Lipinski definition) is 15. The Morgan fingerprint density at radius 1 is 0.719 bits per heavy atom. The molecule has 4 bridgehead atoms. The molecule has 5 aliphatic heterocycles. The largest absolute Gasteiger partial charge is 0.453 e. The molecule has 0 aromatic rings. The topological polar surface area (TPSA) is 201 Å². The highest BCUT2D eigenvalue weighted by Crippen LogP contribution is 2.51. The van der Waals surface area contributed by atoms with Crippen molar-refractivity contribution >= 4 is 35.8 Å². The van der Waals surface area contributed by atoms with Crippen molar-refractivity contribution in [3.63, 3.8) is 0 Å². The highest BCUT2D eigenvalue weighted by molar-refractivity contribution is 5.94. The van der Waals surface area contributed by atoms with E-state index in [1.54, 1.807) is 0 Å². The number of rotatable bonds is 0. The van der Waals surface area contributed by atoms with E-state index in [1.165, 1.54) is 0 Å². The molecule has 5 fully saturated rings. The minimum Gasteiger partial charge on any atom is -0.453 e. The minimum absolute atomic E-state index is 0.320. The van der Waals surface area contributed by atoms with Crippen molar-refractivity contribution in [1.29, 1.82) is 0 Å². The van der Waals surface area contributed by atoms with Crippen molar-refractivity contribution in [3.8, 4) is 0 Å². The second-order valence-corrected chi connectivity index (χ2v) is 8.08. The Labute approximate surface area is 177 Å². The first-order valence-corrected chi connectivity index (χ1v) is 9.45. The van der Waals surface area contributed by atoms with Crippen LogP contribution in [0, 0.1) is 0 Å². The van der Waals surface area contributed by atoms with Gasteiger partial charge in [0.15, 0.2) is 17.3 Å². The summed E-state index contributed by atoms with van der Waals surface area (Å²) in [5.74, 6) is -14.2. The van der Waals surface area contributed by atoms with Gasteiger partial charge in [0.25, 0.3) is 0 Å². The van der Waals surface area contributed by atoms with Gasteiger partial charge in [0.2, 0.25) is 0 Å². The third kappa shape index (κ3) is 2.58. The van der Waals surface area contributed by atoms with Gasteiger partial charge in [-0.3, -0.25) is 19.2 Å². The molecule has 5 rings (SSSR count). The zero-order valence-corrected chi connectivity index (χ0v) is 16.1. The summed E-state index contributed by atoms with van der Waals surface area (Å²) in [6.07, 6.45) is -6.05. The Balaban J connectivity index is 1.77. The second-order valence-electron chi connectivity index (χ2n) is 8.08. The Bertz CT molecular complexity index is 916. The summed E-state index contributed by atoms with van der Waals surface area (Å²) < 4.78 is 26.2. The van der Waals surface area contributed by atoms with Gasteiger partial charge in [-0.05, 0) is 0 Å². The zero-order chi connectivity index (χ0) is 23.1. The van der Waals surface area contributed by atoms with Gasteiger partial charge in [0, 0.05) is 13.0 Å². The molecule has 5 aliphatic rings. The third-order valence-electron chi connectivity index (χ3n) is 5.77. The van der Waals surface area contributed by atoms with Gasteiger partial charge >= 0.3 is 47.5 Å². The van der Waals surface area contributed by atoms with Crippen molar-refractivity contribution in [1.82, 2.24) is 5.06 Å². The standard InChI is InChI=1S/C17H15NO14/c19-8-3-14(25)4-9(20)28-16(30-12(14)23)7(27-8)1-2-18-17(16)29-10(21)5-15(26,13(24)31-17)6-11(22)32-18/h7,25-26H,1-6H2. The van der Waals surface area contributed by atoms with Gasteiger partial charge < -0.3 is 38.7 Å². The number of piperidine rings is 1. The Kier molecular flexibility index (Phi) is 3.95. The molecule has 15 nitrogen and oxygen atoms in total. The molecular weight excluding hydrogens is 442 g/mol. The SMILES string of the molecule is O=C1CC2(O)CC(=O)OC3(OC2=O)C(CCN2OC(=O)CC4(O)CC(=O)OC23OC4=O)O1. The molecule has 172 valence electrons. The van der Waals surface area contributed by atoms with E-state index in [0.717, 1.165) is 0 Å². The number of carbonyl (C=O) groups excluding carboxylic acids is 6. The number of hydroxylamine groups is 2. The van der Waals surface area contributed by atoms with Crippen molar-refractivity contribution in [3.05, 3.63) is 0 Å². The molecular formula is C17H15NO14. The van der Waals surface area contributed by atoms with Gasteiger partial charge in [-0.25, -0.2) is 9.59 Å². The van der Waals surface area contributed by atoms with E-state index in [-0.39, 0.29) is 6.42 Å². The molecule has 0 aromatic heterocycles. The first-order valence-electron chi connectivity index (χ1n) is 9.45. The average Bonchev–Trinajstić information content (AvgIpc) is 2.76. The summed E-state index contributed by atoms with van der Waals surface area (Å²) in [7, 11) is 0. The predicted octanol–water partition coefficient (Wildman–Crippen LogP) is -3.34. The fourth-order valence-corrected chi connectivity index (χ4v) is 4.31. The van der Waals surface area contributed by atoms with E-state index in [1.807, 2.05) is 0 Å². The lowest BCUT2D eigenvalue weighted by Crippen LogP contribution is -2.79. The lowest BCUT2D eigenvalue weighted by molar-refractivity contribution is -0.485. The molecule has 32 heavy (non-hydrogen) atoms. The number of fused-ring (bicyclic) bond motifs is 4. The van der Waals surface area contributed by atoms with E-state index in [0.29, 0.717) is 5.06 Å². The van der Waals surface area contributed by atoms with Crippen LogP contribution in [0.15, 0.2) is 0 Å². The van der Waals surface area contributed by atoms with Crippen LogP contribution in [-0.4, -0.2) is 86.6 Å². The number of aliphatic hydroxyl groups is 2. The summed E-state index contributed by atoms with van der Waals surface area (Å²) in [6, 6.07) is 0. The normalized spacial score (nSPS) is 43.9. The maximum atomic E-state index is 12.8. The van der Waals surface area contributed by atoms with Crippen LogP contribution < -0.4 is 0 Å². The Hall–Kier alpha value is -3.30. The van der Waals surface area contributed by atoms with Gasteiger partial charge in [-0.15, -0.1) is 0 Å². The van der Waals surface area contributed by atoms with Crippen LogP contribution >= 0.6 is 0 Å². The smallest absolute Gasteiger partial charge is 0.437 e. The lowest BCUT2D eigenvalue weighted by Gasteiger charge is -2.53.